The number of aryl methyl sites for hydroxylation is 2. The highest BCUT2D eigenvalue weighted by Crippen LogP contribution is 2.37. The maximum absolute atomic E-state index is 5.73. The molecule has 1 aliphatic heterocycles. The van der Waals surface area contributed by atoms with Crippen LogP contribution in [0, 0.1) is 5.92 Å². The molecule has 2 heterocycles. The standard InChI is InChI=1S/C17H27NOS/c1-2-9-18-17(14-7-5-10-19-12-14)16-11-13-6-3-4-8-15(13)20-16/h11,14,17-18H,2-10,12H2,1H3. The van der Waals surface area contributed by atoms with E-state index in [9.17, 15) is 0 Å². The summed E-state index contributed by atoms with van der Waals surface area (Å²) in [6.45, 7) is 5.26. The van der Waals surface area contributed by atoms with Crippen LogP contribution in [0.4, 0.5) is 0 Å². The summed E-state index contributed by atoms with van der Waals surface area (Å²) in [6.07, 6.45) is 9.10. The summed E-state index contributed by atoms with van der Waals surface area (Å²) in [5, 5.41) is 3.79. The van der Waals surface area contributed by atoms with Crippen molar-refractivity contribution in [3.63, 3.8) is 0 Å². The molecule has 1 aromatic rings. The Hall–Kier alpha value is -0.380. The highest BCUT2D eigenvalue weighted by atomic mass is 32.1. The average molecular weight is 293 g/mol. The van der Waals surface area contributed by atoms with Crippen LogP contribution in [0.25, 0.3) is 0 Å². The molecule has 112 valence electrons. The maximum atomic E-state index is 5.73. The Morgan fingerprint density at radius 3 is 3.00 bits per heavy atom. The Balaban J connectivity index is 1.78. The van der Waals surface area contributed by atoms with Crippen LogP contribution in [0.3, 0.4) is 0 Å². The van der Waals surface area contributed by atoms with Gasteiger partial charge in [-0.1, -0.05) is 6.92 Å². The van der Waals surface area contributed by atoms with Crippen molar-refractivity contribution in [2.75, 3.05) is 19.8 Å². The SMILES string of the molecule is CCCNC(c1cc2c(s1)CCCC2)C1CCCOC1. The van der Waals surface area contributed by atoms with Crippen molar-refractivity contribution in [3.05, 3.63) is 21.4 Å². The topological polar surface area (TPSA) is 21.3 Å². The van der Waals surface area contributed by atoms with E-state index in [-0.39, 0.29) is 0 Å². The van der Waals surface area contributed by atoms with E-state index in [1.807, 2.05) is 0 Å². The molecule has 0 aromatic carbocycles. The third-order valence-corrected chi connectivity index (χ3v) is 5.92. The second-order valence-electron chi connectivity index (χ2n) is 6.21. The molecule has 2 unspecified atom stereocenters. The minimum atomic E-state index is 0.519. The number of hydrogen-bond acceptors (Lipinski definition) is 3. The van der Waals surface area contributed by atoms with Gasteiger partial charge in [0.25, 0.3) is 0 Å². The molecule has 20 heavy (non-hydrogen) atoms. The van der Waals surface area contributed by atoms with Gasteiger partial charge in [-0.3, -0.25) is 0 Å². The minimum absolute atomic E-state index is 0.519. The summed E-state index contributed by atoms with van der Waals surface area (Å²) in [6, 6.07) is 3.02. The maximum Gasteiger partial charge on any atom is 0.0512 e. The zero-order valence-corrected chi connectivity index (χ0v) is 13.4. The van der Waals surface area contributed by atoms with Crippen LogP contribution < -0.4 is 5.32 Å². The van der Waals surface area contributed by atoms with Crippen molar-refractivity contribution < 1.29 is 4.74 Å². The fourth-order valence-electron chi connectivity index (χ4n) is 3.49. The van der Waals surface area contributed by atoms with Gasteiger partial charge >= 0.3 is 0 Å². The van der Waals surface area contributed by atoms with Crippen LogP contribution in [0.15, 0.2) is 6.07 Å². The molecule has 1 aliphatic carbocycles. The Labute approximate surface area is 126 Å². The lowest BCUT2D eigenvalue weighted by molar-refractivity contribution is 0.0395. The van der Waals surface area contributed by atoms with Crippen molar-refractivity contribution >= 4 is 11.3 Å². The van der Waals surface area contributed by atoms with E-state index in [1.54, 1.807) is 15.3 Å². The quantitative estimate of drug-likeness (QED) is 0.882. The zero-order valence-electron chi connectivity index (χ0n) is 12.6. The van der Waals surface area contributed by atoms with Gasteiger partial charge in [0.1, 0.15) is 0 Å². The Morgan fingerprint density at radius 1 is 1.35 bits per heavy atom. The molecule has 0 amide bonds. The van der Waals surface area contributed by atoms with Crippen LogP contribution in [0.5, 0.6) is 0 Å². The number of hydrogen-bond donors (Lipinski definition) is 1. The van der Waals surface area contributed by atoms with Gasteiger partial charge in [-0.2, -0.15) is 0 Å². The Bertz CT molecular complexity index is 399. The van der Waals surface area contributed by atoms with Gasteiger partial charge in [-0.05, 0) is 63.1 Å². The van der Waals surface area contributed by atoms with Crippen LogP contribution >= 0.6 is 11.3 Å². The molecule has 3 heteroatoms. The van der Waals surface area contributed by atoms with E-state index in [0.29, 0.717) is 12.0 Å². The predicted octanol–water partition coefficient (Wildman–Crippen LogP) is 4.09. The minimum Gasteiger partial charge on any atom is -0.381 e. The predicted molar refractivity (Wildman–Crippen MR) is 85.5 cm³/mol. The normalized spacial score (nSPS) is 24.4. The Morgan fingerprint density at radius 2 is 2.25 bits per heavy atom. The van der Waals surface area contributed by atoms with E-state index >= 15 is 0 Å². The summed E-state index contributed by atoms with van der Waals surface area (Å²) < 4.78 is 5.73. The Kier molecular flexibility index (Phi) is 5.14. The monoisotopic (exact) mass is 293 g/mol. The van der Waals surface area contributed by atoms with Crippen molar-refractivity contribution in [2.45, 2.75) is 57.9 Å². The van der Waals surface area contributed by atoms with Gasteiger partial charge in [-0.15, -0.1) is 11.3 Å². The number of thiophene rings is 1. The number of fused-ring (bicyclic) bond motifs is 1. The zero-order chi connectivity index (χ0) is 13.8. The number of ether oxygens (including phenoxy) is 1. The van der Waals surface area contributed by atoms with E-state index in [2.05, 4.69) is 29.6 Å². The molecule has 1 N–H and O–H groups in total. The van der Waals surface area contributed by atoms with Crippen molar-refractivity contribution in [3.8, 4) is 0 Å². The molecular weight excluding hydrogens is 266 g/mol. The second-order valence-corrected chi connectivity index (χ2v) is 7.38. The molecule has 1 fully saturated rings. The number of rotatable bonds is 5. The first-order valence-electron chi connectivity index (χ1n) is 8.31. The number of nitrogens with one attached hydrogen (secondary N) is 1. The van der Waals surface area contributed by atoms with Crippen LogP contribution in [-0.4, -0.2) is 19.8 Å². The molecule has 2 aliphatic rings. The molecule has 2 nitrogen and oxygen atoms in total. The van der Waals surface area contributed by atoms with Gasteiger partial charge in [0.05, 0.1) is 6.61 Å². The lowest BCUT2D eigenvalue weighted by Gasteiger charge is -2.30. The fraction of sp³-hybridized carbons (Fsp3) is 0.765. The lowest BCUT2D eigenvalue weighted by atomic mass is 9.91. The van der Waals surface area contributed by atoms with Gasteiger partial charge in [0.15, 0.2) is 0 Å². The molecular formula is C17H27NOS. The van der Waals surface area contributed by atoms with Gasteiger partial charge in [0.2, 0.25) is 0 Å². The van der Waals surface area contributed by atoms with E-state index in [1.165, 1.54) is 44.9 Å². The lowest BCUT2D eigenvalue weighted by Crippen LogP contribution is -2.33. The summed E-state index contributed by atoms with van der Waals surface area (Å²) in [5.41, 5.74) is 1.64. The smallest absolute Gasteiger partial charge is 0.0512 e. The van der Waals surface area contributed by atoms with E-state index < -0.39 is 0 Å². The highest BCUT2D eigenvalue weighted by Gasteiger charge is 2.27. The molecule has 2 atom stereocenters. The first-order chi connectivity index (χ1) is 9.88. The molecule has 3 rings (SSSR count). The highest BCUT2D eigenvalue weighted by molar-refractivity contribution is 7.12. The molecule has 0 saturated carbocycles. The van der Waals surface area contributed by atoms with E-state index in [0.717, 1.165) is 19.8 Å². The average Bonchev–Trinajstić information content (AvgIpc) is 2.92. The van der Waals surface area contributed by atoms with Crippen LogP contribution in [-0.2, 0) is 17.6 Å². The third kappa shape index (κ3) is 3.26. The van der Waals surface area contributed by atoms with Gasteiger partial charge in [0, 0.05) is 28.3 Å². The summed E-state index contributed by atoms with van der Waals surface area (Å²) in [7, 11) is 0. The summed E-state index contributed by atoms with van der Waals surface area (Å²) in [4.78, 5) is 3.23. The van der Waals surface area contributed by atoms with Crippen LogP contribution in [0.2, 0.25) is 0 Å². The summed E-state index contributed by atoms with van der Waals surface area (Å²) in [5.74, 6) is 0.662. The summed E-state index contributed by atoms with van der Waals surface area (Å²) >= 11 is 2.07. The largest absolute Gasteiger partial charge is 0.381 e. The molecule has 1 saturated heterocycles. The first kappa shape index (κ1) is 14.6. The molecule has 1 aromatic heterocycles. The fourth-order valence-corrected chi connectivity index (χ4v) is 4.92. The third-order valence-electron chi connectivity index (χ3n) is 4.60. The van der Waals surface area contributed by atoms with Gasteiger partial charge < -0.3 is 10.1 Å². The van der Waals surface area contributed by atoms with Crippen molar-refractivity contribution in [1.29, 1.82) is 0 Å². The van der Waals surface area contributed by atoms with Crippen LogP contribution in [0.1, 0.15) is 60.4 Å². The van der Waals surface area contributed by atoms with Gasteiger partial charge in [-0.25, -0.2) is 0 Å². The molecule has 0 bridgehead atoms. The molecule has 0 spiro atoms. The molecule has 0 radical (unpaired) electrons. The van der Waals surface area contributed by atoms with Crippen molar-refractivity contribution in [1.82, 2.24) is 5.32 Å². The van der Waals surface area contributed by atoms with Crippen molar-refractivity contribution in [2.24, 2.45) is 5.92 Å². The first-order valence-corrected chi connectivity index (χ1v) is 9.12. The second kappa shape index (κ2) is 7.06. The van der Waals surface area contributed by atoms with E-state index in [4.69, 9.17) is 4.74 Å².